The molecule has 0 fully saturated rings. The number of carbonyl (C=O) groups is 1. The molecule has 1 N–H and O–H groups in total. The summed E-state index contributed by atoms with van der Waals surface area (Å²) in [6.07, 6.45) is 6.31. The summed E-state index contributed by atoms with van der Waals surface area (Å²) in [4.78, 5) is 11.1. The predicted octanol–water partition coefficient (Wildman–Crippen LogP) is 1.50. The Morgan fingerprint density at radius 1 is 1.60 bits per heavy atom. The van der Waals surface area contributed by atoms with E-state index in [-0.39, 0.29) is 5.91 Å². The number of hydrogen-bond donors (Lipinski definition) is 1. The standard InChI is InChI=1S/C11H19N3O/c1-3-5-11(15)12-6-4-7-14-9-10(2)8-13-14/h8-9H,3-7H2,1-2H3,(H,12,15). The van der Waals surface area contributed by atoms with Gasteiger partial charge >= 0.3 is 0 Å². The van der Waals surface area contributed by atoms with Crippen LogP contribution in [0, 0.1) is 6.92 Å². The topological polar surface area (TPSA) is 46.9 Å². The van der Waals surface area contributed by atoms with Crippen molar-refractivity contribution in [2.24, 2.45) is 0 Å². The molecule has 0 radical (unpaired) electrons. The Morgan fingerprint density at radius 3 is 3.00 bits per heavy atom. The number of aryl methyl sites for hydroxylation is 2. The van der Waals surface area contributed by atoms with Gasteiger partial charge in [0, 0.05) is 25.7 Å². The van der Waals surface area contributed by atoms with Crippen LogP contribution in [0.5, 0.6) is 0 Å². The first-order valence-electron chi connectivity index (χ1n) is 5.48. The maximum absolute atomic E-state index is 11.1. The monoisotopic (exact) mass is 209 g/mol. The van der Waals surface area contributed by atoms with Crippen molar-refractivity contribution in [2.75, 3.05) is 6.54 Å². The SMILES string of the molecule is CCCC(=O)NCCCn1cc(C)cn1. The van der Waals surface area contributed by atoms with Crippen molar-refractivity contribution < 1.29 is 4.79 Å². The summed E-state index contributed by atoms with van der Waals surface area (Å²) >= 11 is 0. The quantitative estimate of drug-likeness (QED) is 0.722. The highest BCUT2D eigenvalue weighted by Crippen LogP contribution is 1.95. The molecular formula is C11H19N3O. The van der Waals surface area contributed by atoms with Crippen molar-refractivity contribution in [3.05, 3.63) is 18.0 Å². The number of nitrogens with one attached hydrogen (secondary N) is 1. The molecule has 0 spiro atoms. The second-order valence-corrected chi connectivity index (χ2v) is 3.73. The highest BCUT2D eigenvalue weighted by atomic mass is 16.1. The minimum Gasteiger partial charge on any atom is -0.356 e. The summed E-state index contributed by atoms with van der Waals surface area (Å²) in [6.45, 7) is 5.62. The molecule has 0 saturated carbocycles. The van der Waals surface area contributed by atoms with E-state index in [0.717, 1.165) is 25.9 Å². The molecule has 15 heavy (non-hydrogen) atoms. The van der Waals surface area contributed by atoms with E-state index in [1.54, 1.807) is 0 Å². The van der Waals surface area contributed by atoms with Crippen LogP contribution in [0.3, 0.4) is 0 Å². The second kappa shape index (κ2) is 6.22. The van der Waals surface area contributed by atoms with Crippen molar-refractivity contribution in [1.29, 1.82) is 0 Å². The molecule has 0 aliphatic carbocycles. The fraction of sp³-hybridized carbons (Fsp3) is 0.636. The number of amides is 1. The fourth-order valence-corrected chi connectivity index (χ4v) is 1.37. The Labute approximate surface area is 90.7 Å². The van der Waals surface area contributed by atoms with Crippen LogP contribution in [0.4, 0.5) is 0 Å². The molecule has 4 heteroatoms. The van der Waals surface area contributed by atoms with Gasteiger partial charge in [-0.3, -0.25) is 9.48 Å². The van der Waals surface area contributed by atoms with E-state index in [1.807, 2.05) is 30.9 Å². The average Bonchev–Trinajstić information content (AvgIpc) is 2.60. The first kappa shape index (κ1) is 11.8. The molecule has 4 nitrogen and oxygen atoms in total. The number of aromatic nitrogens is 2. The molecule has 1 aromatic heterocycles. The van der Waals surface area contributed by atoms with Crippen LogP contribution >= 0.6 is 0 Å². The zero-order chi connectivity index (χ0) is 11.1. The van der Waals surface area contributed by atoms with Gasteiger partial charge in [-0.15, -0.1) is 0 Å². The van der Waals surface area contributed by atoms with Crippen LogP contribution in [0.1, 0.15) is 31.7 Å². The maximum atomic E-state index is 11.1. The van der Waals surface area contributed by atoms with Gasteiger partial charge in [-0.25, -0.2) is 0 Å². The molecule has 1 amide bonds. The summed E-state index contributed by atoms with van der Waals surface area (Å²) in [7, 11) is 0. The molecule has 0 atom stereocenters. The molecule has 0 saturated heterocycles. The van der Waals surface area contributed by atoms with E-state index in [9.17, 15) is 4.79 Å². The number of rotatable bonds is 6. The maximum Gasteiger partial charge on any atom is 0.219 e. The number of hydrogen-bond acceptors (Lipinski definition) is 2. The van der Waals surface area contributed by atoms with Gasteiger partial charge in [-0.2, -0.15) is 5.10 Å². The van der Waals surface area contributed by atoms with Crippen molar-refractivity contribution in [1.82, 2.24) is 15.1 Å². The normalized spacial score (nSPS) is 10.3. The molecule has 0 aromatic carbocycles. The van der Waals surface area contributed by atoms with Crippen LogP contribution in [-0.4, -0.2) is 22.2 Å². The van der Waals surface area contributed by atoms with Gasteiger partial charge in [0.05, 0.1) is 6.20 Å². The first-order valence-corrected chi connectivity index (χ1v) is 5.48. The average molecular weight is 209 g/mol. The summed E-state index contributed by atoms with van der Waals surface area (Å²) < 4.78 is 1.90. The molecule has 1 rings (SSSR count). The van der Waals surface area contributed by atoms with Crippen LogP contribution < -0.4 is 5.32 Å². The molecule has 84 valence electrons. The minimum absolute atomic E-state index is 0.147. The van der Waals surface area contributed by atoms with E-state index in [0.29, 0.717) is 6.42 Å². The van der Waals surface area contributed by atoms with Gasteiger partial charge in [-0.1, -0.05) is 6.92 Å². The summed E-state index contributed by atoms with van der Waals surface area (Å²) in [6, 6.07) is 0. The highest BCUT2D eigenvalue weighted by Gasteiger charge is 1.98. The lowest BCUT2D eigenvalue weighted by Gasteiger charge is -2.04. The van der Waals surface area contributed by atoms with Crippen molar-refractivity contribution in [3.8, 4) is 0 Å². The lowest BCUT2D eigenvalue weighted by Crippen LogP contribution is -2.24. The molecule has 1 heterocycles. The van der Waals surface area contributed by atoms with E-state index < -0.39 is 0 Å². The van der Waals surface area contributed by atoms with Crippen LogP contribution in [0.25, 0.3) is 0 Å². The minimum atomic E-state index is 0.147. The third-order valence-electron chi connectivity index (χ3n) is 2.13. The van der Waals surface area contributed by atoms with E-state index >= 15 is 0 Å². The van der Waals surface area contributed by atoms with Crippen LogP contribution in [0.2, 0.25) is 0 Å². The van der Waals surface area contributed by atoms with Gasteiger partial charge in [0.15, 0.2) is 0 Å². The molecule has 0 aliphatic heterocycles. The molecule has 1 aromatic rings. The zero-order valence-electron chi connectivity index (χ0n) is 9.49. The summed E-state index contributed by atoms with van der Waals surface area (Å²) in [5.74, 6) is 0.147. The Hall–Kier alpha value is -1.32. The molecule has 0 bridgehead atoms. The third kappa shape index (κ3) is 4.63. The fourth-order valence-electron chi connectivity index (χ4n) is 1.37. The predicted molar refractivity (Wildman–Crippen MR) is 59.5 cm³/mol. The van der Waals surface area contributed by atoms with Gasteiger partial charge in [0.25, 0.3) is 0 Å². The molecule has 0 unspecified atom stereocenters. The van der Waals surface area contributed by atoms with Crippen LogP contribution in [0.15, 0.2) is 12.4 Å². The number of nitrogens with zero attached hydrogens (tertiary/aromatic N) is 2. The summed E-state index contributed by atoms with van der Waals surface area (Å²) in [5, 5.41) is 7.05. The Bertz CT molecular complexity index is 307. The first-order chi connectivity index (χ1) is 7.22. The zero-order valence-corrected chi connectivity index (χ0v) is 9.49. The van der Waals surface area contributed by atoms with Gasteiger partial charge in [0.2, 0.25) is 5.91 Å². The third-order valence-corrected chi connectivity index (χ3v) is 2.13. The molecular weight excluding hydrogens is 190 g/mol. The smallest absolute Gasteiger partial charge is 0.219 e. The van der Waals surface area contributed by atoms with Gasteiger partial charge in [0.1, 0.15) is 0 Å². The Morgan fingerprint density at radius 2 is 2.40 bits per heavy atom. The number of carbonyl (C=O) groups excluding carboxylic acids is 1. The van der Waals surface area contributed by atoms with Gasteiger partial charge in [-0.05, 0) is 25.3 Å². The van der Waals surface area contributed by atoms with Gasteiger partial charge < -0.3 is 5.32 Å². The second-order valence-electron chi connectivity index (χ2n) is 3.73. The van der Waals surface area contributed by atoms with E-state index in [2.05, 4.69) is 10.4 Å². The van der Waals surface area contributed by atoms with Crippen molar-refractivity contribution in [3.63, 3.8) is 0 Å². The van der Waals surface area contributed by atoms with E-state index in [4.69, 9.17) is 0 Å². The molecule has 0 aliphatic rings. The lowest BCUT2D eigenvalue weighted by molar-refractivity contribution is -0.121. The Balaban J connectivity index is 2.09. The van der Waals surface area contributed by atoms with Crippen molar-refractivity contribution >= 4 is 5.91 Å². The lowest BCUT2D eigenvalue weighted by atomic mass is 10.3. The largest absolute Gasteiger partial charge is 0.356 e. The highest BCUT2D eigenvalue weighted by molar-refractivity contribution is 5.75. The Kier molecular flexibility index (Phi) is 4.87. The summed E-state index contributed by atoms with van der Waals surface area (Å²) in [5.41, 5.74) is 1.17. The van der Waals surface area contributed by atoms with E-state index in [1.165, 1.54) is 5.56 Å². The van der Waals surface area contributed by atoms with Crippen molar-refractivity contribution in [2.45, 2.75) is 39.7 Å². The van der Waals surface area contributed by atoms with Crippen LogP contribution in [-0.2, 0) is 11.3 Å².